The molecule has 1 rings (SSSR count). The molecule has 114 valence electrons. The second-order valence-corrected chi connectivity index (χ2v) is 4.78. The van der Waals surface area contributed by atoms with E-state index in [1.54, 1.807) is 19.9 Å². The Morgan fingerprint density at radius 2 is 2.19 bits per heavy atom. The average molecular weight is 293 g/mol. The molecule has 0 fully saturated rings. The van der Waals surface area contributed by atoms with Crippen LogP contribution in [0.25, 0.3) is 0 Å². The smallest absolute Gasteiger partial charge is 0.315 e. The summed E-state index contributed by atoms with van der Waals surface area (Å²) >= 11 is 0. The van der Waals surface area contributed by atoms with E-state index in [4.69, 9.17) is 9.47 Å². The summed E-state index contributed by atoms with van der Waals surface area (Å²) in [5, 5.41) is 11.0. The van der Waals surface area contributed by atoms with Crippen LogP contribution in [0, 0.1) is 15.5 Å². The van der Waals surface area contributed by atoms with E-state index in [2.05, 4.69) is 6.58 Å². The highest BCUT2D eigenvalue weighted by Crippen LogP contribution is 2.32. The van der Waals surface area contributed by atoms with E-state index in [1.165, 1.54) is 25.3 Å². The lowest BCUT2D eigenvalue weighted by Gasteiger charge is -2.23. The van der Waals surface area contributed by atoms with E-state index in [9.17, 15) is 14.9 Å². The van der Waals surface area contributed by atoms with E-state index >= 15 is 0 Å². The van der Waals surface area contributed by atoms with Crippen molar-refractivity contribution in [1.29, 1.82) is 0 Å². The largest absolute Gasteiger partial charge is 0.490 e. The molecule has 0 N–H and O–H groups in total. The number of ether oxygens (including phenoxy) is 2. The molecule has 0 aliphatic carbocycles. The van der Waals surface area contributed by atoms with Gasteiger partial charge in [-0.3, -0.25) is 14.9 Å². The lowest BCUT2D eigenvalue weighted by atomic mass is 9.83. The molecular formula is C15H19NO5. The number of carbonyl (C=O) groups excluding carboxylic acids is 1. The van der Waals surface area contributed by atoms with E-state index in [0.717, 1.165) is 0 Å². The van der Waals surface area contributed by atoms with Crippen LogP contribution >= 0.6 is 0 Å². The maximum Gasteiger partial charge on any atom is 0.315 e. The monoisotopic (exact) mass is 293 g/mol. The van der Waals surface area contributed by atoms with Gasteiger partial charge in [0.05, 0.1) is 24.1 Å². The maximum absolute atomic E-state index is 12.0. The molecule has 0 saturated carbocycles. The van der Waals surface area contributed by atoms with Crippen LogP contribution in [0.1, 0.15) is 19.4 Å². The molecule has 21 heavy (non-hydrogen) atoms. The molecule has 1 unspecified atom stereocenters. The van der Waals surface area contributed by atoms with Crippen LogP contribution in [0.4, 0.5) is 5.69 Å². The van der Waals surface area contributed by atoms with Gasteiger partial charge in [0.15, 0.2) is 5.75 Å². The van der Waals surface area contributed by atoms with Gasteiger partial charge >= 0.3 is 11.7 Å². The zero-order chi connectivity index (χ0) is 16.0. The third-order valence-electron chi connectivity index (χ3n) is 3.20. The predicted molar refractivity (Wildman–Crippen MR) is 78.3 cm³/mol. The second kappa shape index (κ2) is 6.88. The second-order valence-electron chi connectivity index (χ2n) is 4.78. The highest BCUT2D eigenvalue weighted by Gasteiger charge is 2.32. The number of carbonyl (C=O) groups is 1. The summed E-state index contributed by atoms with van der Waals surface area (Å²) in [4.78, 5) is 22.5. The highest BCUT2D eigenvalue weighted by atomic mass is 16.6. The van der Waals surface area contributed by atoms with Gasteiger partial charge in [-0.25, -0.2) is 0 Å². The Balaban J connectivity index is 3.11. The van der Waals surface area contributed by atoms with E-state index in [-0.39, 0.29) is 24.5 Å². The zero-order valence-electron chi connectivity index (χ0n) is 12.4. The average Bonchev–Trinajstić information content (AvgIpc) is 2.47. The molecule has 1 atom stereocenters. The van der Waals surface area contributed by atoms with Crippen molar-refractivity contribution in [2.45, 2.75) is 20.3 Å². The summed E-state index contributed by atoms with van der Waals surface area (Å²) in [7, 11) is 1.37. The molecule has 0 heterocycles. The number of nitro benzene ring substituents is 1. The highest BCUT2D eigenvalue weighted by molar-refractivity contribution is 5.79. The van der Waals surface area contributed by atoms with Gasteiger partial charge in [-0.15, -0.1) is 6.58 Å². The summed E-state index contributed by atoms with van der Waals surface area (Å²) in [5.74, 6) is -0.223. The standard InChI is InChI=1S/C15H19NO5/c1-5-15(3,14(17)21-6-2)10-11-7-8-13(20-4)12(9-11)16(18)19/h5,7-9H,1,6,10H2,2-4H3. The summed E-state index contributed by atoms with van der Waals surface area (Å²) in [6.07, 6.45) is 1.77. The lowest BCUT2D eigenvalue weighted by molar-refractivity contribution is -0.385. The van der Waals surface area contributed by atoms with Gasteiger partial charge in [-0.1, -0.05) is 12.1 Å². The number of methoxy groups -OCH3 is 1. The Morgan fingerprint density at radius 1 is 1.52 bits per heavy atom. The molecule has 6 nitrogen and oxygen atoms in total. The van der Waals surface area contributed by atoms with Crippen LogP contribution in [-0.2, 0) is 16.0 Å². The fourth-order valence-electron chi connectivity index (χ4n) is 1.94. The van der Waals surface area contributed by atoms with Crippen molar-refractivity contribution in [2.24, 2.45) is 5.41 Å². The molecule has 0 aliphatic rings. The molecule has 1 aromatic rings. The minimum absolute atomic E-state index is 0.134. The van der Waals surface area contributed by atoms with Gasteiger partial charge in [0, 0.05) is 6.07 Å². The van der Waals surface area contributed by atoms with E-state index < -0.39 is 16.3 Å². The minimum Gasteiger partial charge on any atom is -0.490 e. The van der Waals surface area contributed by atoms with Crippen molar-refractivity contribution in [3.63, 3.8) is 0 Å². The first kappa shape index (κ1) is 16.7. The van der Waals surface area contributed by atoms with Gasteiger partial charge in [0.1, 0.15) is 0 Å². The number of benzene rings is 1. The number of nitrogens with zero attached hydrogens (tertiary/aromatic N) is 1. The van der Waals surface area contributed by atoms with Crippen LogP contribution < -0.4 is 4.74 Å². The first-order chi connectivity index (χ1) is 9.87. The first-order valence-corrected chi connectivity index (χ1v) is 6.50. The molecule has 0 radical (unpaired) electrons. The fraction of sp³-hybridized carbons (Fsp3) is 0.400. The fourth-order valence-corrected chi connectivity index (χ4v) is 1.94. The summed E-state index contributed by atoms with van der Waals surface area (Å²) in [5.41, 5.74) is -0.429. The third-order valence-corrected chi connectivity index (χ3v) is 3.20. The van der Waals surface area contributed by atoms with Crippen molar-refractivity contribution in [3.05, 3.63) is 46.5 Å². The number of esters is 1. The van der Waals surface area contributed by atoms with Crippen LogP contribution in [0.3, 0.4) is 0 Å². The number of nitro groups is 1. The molecule has 0 saturated heterocycles. The van der Waals surface area contributed by atoms with Crippen molar-refractivity contribution in [1.82, 2.24) is 0 Å². The van der Waals surface area contributed by atoms with Gasteiger partial charge in [0.25, 0.3) is 0 Å². The molecule has 6 heteroatoms. The third kappa shape index (κ3) is 3.81. The van der Waals surface area contributed by atoms with Gasteiger partial charge in [0.2, 0.25) is 0 Å². The van der Waals surface area contributed by atoms with Crippen molar-refractivity contribution < 1.29 is 19.2 Å². The van der Waals surface area contributed by atoms with Crippen LogP contribution in [0.15, 0.2) is 30.9 Å². The summed E-state index contributed by atoms with van der Waals surface area (Å²) in [6, 6.07) is 4.61. The van der Waals surface area contributed by atoms with Crippen molar-refractivity contribution in [3.8, 4) is 5.75 Å². The van der Waals surface area contributed by atoms with E-state index in [0.29, 0.717) is 5.56 Å². The molecular weight excluding hydrogens is 274 g/mol. The molecule has 0 amide bonds. The summed E-state index contributed by atoms with van der Waals surface area (Å²) < 4.78 is 9.97. The topological polar surface area (TPSA) is 78.7 Å². The Labute approximate surface area is 123 Å². The molecule has 0 bridgehead atoms. The maximum atomic E-state index is 12.0. The Bertz CT molecular complexity index is 555. The molecule has 0 aromatic heterocycles. The van der Waals surface area contributed by atoms with Gasteiger partial charge in [-0.05, 0) is 31.9 Å². The quantitative estimate of drug-likeness (QED) is 0.334. The van der Waals surface area contributed by atoms with Crippen molar-refractivity contribution >= 4 is 11.7 Å². The summed E-state index contributed by atoms with van der Waals surface area (Å²) in [6.45, 7) is 7.34. The Hall–Kier alpha value is -2.37. The van der Waals surface area contributed by atoms with E-state index in [1.807, 2.05) is 0 Å². The Morgan fingerprint density at radius 3 is 2.67 bits per heavy atom. The normalized spacial score (nSPS) is 13.1. The van der Waals surface area contributed by atoms with Gasteiger partial charge in [-0.2, -0.15) is 0 Å². The number of hydrogen-bond donors (Lipinski definition) is 0. The first-order valence-electron chi connectivity index (χ1n) is 6.50. The number of rotatable bonds is 7. The lowest BCUT2D eigenvalue weighted by Crippen LogP contribution is -2.30. The zero-order valence-corrected chi connectivity index (χ0v) is 12.4. The number of hydrogen-bond acceptors (Lipinski definition) is 5. The van der Waals surface area contributed by atoms with Crippen LogP contribution in [0.2, 0.25) is 0 Å². The van der Waals surface area contributed by atoms with Crippen LogP contribution in [0.5, 0.6) is 5.75 Å². The molecule has 0 aliphatic heterocycles. The van der Waals surface area contributed by atoms with Crippen molar-refractivity contribution in [2.75, 3.05) is 13.7 Å². The molecule has 1 aromatic carbocycles. The molecule has 0 spiro atoms. The SMILES string of the molecule is C=CC(C)(Cc1ccc(OC)c([N+](=O)[O-])c1)C(=O)OCC. The Kier molecular flexibility index (Phi) is 5.46. The van der Waals surface area contributed by atoms with Crippen LogP contribution in [-0.4, -0.2) is 24.6 Å². The predicted octanol–water partition coefficient (Wildman–Crippen LogP) is 2.90. The van der Waals surface area contributed by atoms with Gasteiger partial charge < -0.3 is 9.47 Å². The minimum atomic E-state index is -0.932.